The highest BCUT2D eigenvalue weighted by atomic mass is 16.5. The van der Waals surface area contributed by atoms with E-state index in [9.17, 15) is 9.59 Å². The average Bonchev–Trinajstić information content (AvgIpc) is 2.51. The van der Waals surface area contributed by atoms with Gasteiger partial charge in [0.25, 0.3) is 0 Å². The van der Waals surface area contributed by atoms with E-state index in [0.717, 1.165) is 12.8 Å². The summed E-state index contributed by atoms with van der Waals surface area (Å²) in [6.45, 7) is 4.37. The number of carbonyl (C=O) groups is 2. The van der Waals surface area contributed by atoms with Crippen LogP contribution in [0.1, 0.15) is 84.5 Å². The van der Waals surface area contributed by atoms with Crippen molar-refractivity contribution in [1.29, 1.82) is 0 Å². The Bertz CT molecular complexity index is 289. The summed E-state index contributed by atoms with van der Waals surface area (Å²) in [5, 5.41) is 0. The molecule has 1 atom stereocenters. The van der Waals surface area contributed by atoms with E-state index in [4.69, 9.17) is 4.74 Å². The molecule has 4 nitrogen and oxygen atoms in total. The van der Waals surface area contributed by atoms with Crippen LogP contribution in [-0.2, 0) is 19.1 Å². The first kappa shape index (κ1) is 20.9. The van der Waals surface area contributed by atoms with Crippen LogP contribution in [0.4, 0.5) is 0 Å². The van der Waals surface area contributed by atoms with Gasteiger partial charge in [0.15, 0.2) is 0 Å². The lowest BCUT2D eigenvalue weighted by molar-refractivity contribution is -0.152. The summed E-state index contributed by atoms with van der Waals surface area (Å²) in [4.78, 5) is 22.7. The van der Waals surface area contributed by atoms with Gasteiger partial charge in [-0.3, -0.25) is 9.59 Å². The SMILES string of the molecule is CCCCCCCCCCCCOC(=O)CC(C)C(=O)OC. The van der Waals surface area contributed by atoms with E-state index in [-0.39, 0.29) is 18.4 Å². The molecule has 0 aromatic rings. The first-order valence-electron chi connectivity index (χ1n) is 8.85. The molecule has 0 amide bonds. The molecule has 0 N–H and O–H groups in total. The number of unbranched alkanes of at least 4 members (excludes halogenated alkanes) is 9. The first-order chi connectivity index (χ1) is 10.6. The van der Waals surface area contributed by atoms with Gasteiger partial charge < -0.3 is 9.47 Å². The molecule has 0 heterocycles. The molecule has 0 rings (SSSR count). The number of ether oxygens (including phenoxy) is 2. The van der Waals surface area contributed by atoms with Crippen LogP contribution in [0, 0.1) is 5.92 Å². The number of hydrogen-bond donors (Lipinski definition) is 0. The number of esters is 2. The molecule has 0 saturated heterocycles. The molecular weight excluding hydrogens is 280 g/mol. The van der Waals surface area contributed by atoms with Crippen molar-refractivity contribution in [2.45, 2.75) is 84.5 Å². The van der Waals surface area contributed by atoms with Crippen molar-refractivity contribution in [2.24, 2.45) is 5.92 Å². The van der Waals surface area contributed by atoms with Gasteiger partial charge in [0, 0.05) is 0 Å². The molecule has 0 bridgehead atoms. The summed E-state index contributed by atoms with van der Waals surface area (Å²) in [5.74, 6) is -1.10. The number of rotatable bonds is 14. The van der Waals surface area contributed by atoms with E-state index in [1.165, 1.54) is 58.5 Å². The van der Waals surface area contributed by atoms with Crippen molar-refractivity contribution in [2.75, 3.05) is 13.7 Å². The third-order valence-corrected chi connectivity index (χ3v) is 3.84. The molecule has 0 aliphatic rings. The topological polar surface area (TPSA) is 52.6 Å². The molecule has 0 fully saturated rings. The second kappa shape index (κ2) is 14.9. The average molecular weight is 314 g/mol. The normalized spacial score (nSPS) is 12.0. The van der Waals surface area contributed by atoms with Crippen LogP contribution in [0.5, 0.6) is 0 Å². The number of carbonyl (C=O) groups excluding carboxylic acids is 2. The fourth-order valence-corrected chi connectivity index (χ4v) is 2.37. The lowest BCUT2D eigenvalue weighted by atomic mass is 10.1. The highest BCUT2D eigenvalue weighted by Gasteiger charge is 2.17. The Balaban J connectivity index is 3.32. The van der Waals surface area contributed by atoms with E-state index in [0.29, 0.717) is 6.61 Å². The van der Waals surface area contributed by atoms with E-state index in [1.54, 1.807) is 6.92 Å². The van der Waals surface area contributed by atoms with Crippen molar-refractivity contribution in [3.8, 4) is 0 Å². The predicted molar refractivity (Wildman–Crippen MR) is 88.6 cm³/mol. The quantitative estimate of drug-likeness (QED) is 0.346. The van der Waals surface area contributed by atoms with Gasteiger partial charge in [-0.2, -0.15) is 0 Å². The molecule has 22 heavy (non-hydrogen) atoms. The smallest absolute Gasteiger partial charge is 0.308 e. The van der Waals surface area contributed by atoms with Crippen molar-refractivity contribution in [3.05, 3.63) is 0 Å². The Kier molecular flexibility index (Phi) is 14.1. The predicted octanol–water partition coefficient (Wildman–Crippen LogP) is 4.65. The molecule has 130 valence electrons. The van der Waals surface area contributed by atoms with Crippen LogP contribution in [0.2, 0.25) is 0 Å². The Morgan fingerprint density at radius 1 is 0.864 bits per heavy atom. The minimum absolute atomic E-state index is 0.102. The fourth-order valence-electron chi connectivity index (χ4n) is 2.37. The van der Waals surface area contributed by atoms with Gasteiger partial charge in [0.1, 0.15) is 0 Å². The third kappa shape index (κ3) is 12.7. The van der Waals surface area contributed by atoms with Gasteiger partial charge in [-0.25, -0.2) is 0 Å². The Labute approximate surface area is 135 Å². The third-order valence-electron chi connectivity index (χ3n) is 3.84. The zero-order valence-corrected chi connectivity index (χ0v) is 14.7. The molecule has 0 aliphatic heterocycles. The summed E-state index contributed by atoms with van der Waals surface area (Å²) in [7, 11) is 1.33. The number of hydrogen-bond acceptors (Lipinski definition) is 4. The van der Waals surface area contributed by atoms with Crippen molar-refractivity contribution in [1.82, 2.24) is 0 Å². The maximum Gasteiger partial charge on any atom is 0.308 e. The molecule has 0 aromatic carbocycles. The van der Waals surface area contributed by atoms with E-state index in [1.807, 2.05) is 0 Å². The zero-order chi connectivity index (χ0) is 16.6. The van der Waals surface area contributed by atoms with E-state index < -0.39 is 5.92 Å². The molecule has 1 unspecified atom stereocenters. The molecule has 4 heteroatoms. The van der Waals surface area contributed by atoms with E-state index >= 15 is 0 Å². The first-order valence-corrected chi connectivity index (χ1v) is 8.85. The Morgan fingerprint density at radius 2 is 1.36 bits per heavy atom. The highest BCUT2D eigenvalue weighted by molar-refractivity contribution is 5.79. The monoisotopic (exact) mass is 314 g/mol. The molecular formula is C18H34O4. The Morgan fingerprint density at radius 3 is 1.86 bits per heavy atom. The molecule has 0 aromatic heterocycles. The lowest BCUT2D eigenvalue weighted by Crippen LogP contribution is -2.18. The Hall–Kier alpha value is -1.06. The van der Waals surface area contributed by atoms with Crippen LogP contribution in [0.25, 0.3) is 0 Å². The van der Waals surface area contributed by atoms with Gasteiger partial charge in [0.2, 0.25) is 0 Å². The summed E-state index contributed by atoms with van der Waals surface area (Å²) >= 11 is 0. The molecule has 0 saturated carbocycles. The van der Waals surface area contributed by atoms with Crippen LogP contribution in [-0.4, -0.2) is 25.7 Å². The van der Waals surface area contributed by atoms with Gasteiger partial charge >= 0.3 is 11.9 Å². The van der Waals surface area contributed by atoms with Crippen LogP contribution in [0.3, 0.4) is 0 Å². The van der Waals surface area contributed by atoms with Crippen molar-refractivity contribution in [3.63, 3.8) is 0 Å². The summed E-state index contributed by atoms with van der Waals surface area (Å²) in [6.07, 6.45) is 12.7. The molecule has 0 radical (unpaired) electrons. The summed E-state index contributed by atoms with van der Waals surface area (Å²) < 4.78 is 9.71. The maximum absolute atomic E-state index is 11.5. The summed E-state index contributed by atoms with van der Waals surface area (Å²) in [6, 6.07) is 0. The van der Waals surface area contributed by atoms with Crippen LogP contribution >= 0.6 is 0 Å². The fraction of sp³-hybridized carbons (Fsp3) is 0.889. The molecule has 0 spiro atoms. The van der Waals surface area contributed by atoms with Gasteiger partial charge in [0.05, 0.1) is 26.1 Å². The minimum Gasteiger partial charge on any atom is -0.469 e. The summed E-state index contributed by atoms with van der Waals surface area (Å²) in [5.41, 5.74) is 0. The second-order valence-corrected chi connectivity index (χ2v) is 6.03. The second-order valence-electron chi connectivity index (χ2n) is 6.03. The van der Waals surface area contributed by atoms with Gasteiger partial charge in [-0.1, -0.05) is 71.6 Å². The van der Waals surface area contributed by atoms with Gasteiger partial charge in [-0.05, 0) is 6.42 Å². The number of methoxy groups -OCH3 is 1. The van der Waals surface area contributed by atoms with Crippen LogP contribution < -0.4 is 0 Å². The standard InChI is InChI=1S/C18H34O4/c1-4-5-6-7-8-9-10-11-12-13-14-22-17(19)15-16(2)18(20)21-3/h16H,4-15H2,1-3H3. The zero-order valence-electron chi connectivity index (χ0n) is 14.7. The van der Waals surface area contributed by atoms with Crippen molar-refractivity contribution >= 4 is 11.9 Å². The minimum atomic E-state index is -0.426. The van der Waals surface area contributed by atoms with E-state index in [2.05, 4.69) is 11.7 Å². The lowest BCUT2D eigenvalue weighted by Gasteiger charge is -2.09. The van der Waals surface area contributed by atoms with Crippen LogP contribution in [0.15, 0.2) is 0 Å². The highest BCUT2D eigenvalue weighted by Crippen LogP contribution is 2.11. The van der Waals surface area contributed by atoms with Gasteiger partial charge in [-0.15, -0.1) is 0 Å². The van der Waals surface area contributed by atoms with Crippen molar-refractivity contribution < 1.29 is 19.1 Å². The maximum atomic E-state index is 11.5. The largest absolute Gasteiger partial charge is 0.469 e. The molecule has 0 aliphatic carbocycles.